The minimum Gasteiger partial charge on any atom is -0.352 e. The Balaban J connectivity index is 2.74. The lowest BCUT2D eigenvalue weighted by atomic mass is 10.1. The van der Waals surface area contributed by atoms with Gasteiger partial charge in [0.05, 0.1) is 0 Å². The topological polar surface area (TPSA) is 49.4 Å². The molecule has 122 valence electrons. The van der Waals surface area contributed by atoms with E-state index in [9.17, 15) is 9.59 Å². The van der Waals surface area contributed by atoms with E-state index in [0.717, 1.165) is 12.8 Å². The summed E-state index contributed by atoms with van der Waals surface area (Å²) in [6.07, 6.45) is 2.03. The molecule has 0 heterocycles. The van der Waals surface area contributed by atoms with Crippen LogP contribution in [0.2, 0.25) is 0 Å². The van der Waals surface area contributed by atoms with Gasteiger partial charge in [-0.05, 0) is 39.2 Å². The Morgan fingerprint density at radius 3 is 2.32 bits per heavy atom. The van der Waals surface area contributed by atoms with Gasteiger partial charge >= 0.3 is 0 Å². The first-order valence-corrected chi connectivity index (χ1v) is 8.09. The van der Waals surface area contributed by atoms with E-state index >= 15 is 0 Å². The summed E-state index contributed by atoms with van der Waals surface area (Å²) in [6, 6.07) is 9.67. The Kier molecular flexibility index (Phi) is 7.64. The van der Waals surface area contributed by atoms with Crippen molar-refractivity contribution >= 4 is 11.8 Å². The highest BCUT2D eigenvalue weighted by atomic mass is 16.2. The van der Waals surface area contributed by atoms with Crippen molar-refractivity contribution in [3.63, 3.8) is 0 Å². The molecule has 1 atom stereocenters. The molecule has 1 rings (SSSR count). The highest BCUT2D eigenvalue weighted by Gasteiger charge is 2.25. The summed E-state index contributed by atoms with van der Waals surface area (Å²) in [6.45, 7) is 8.19. The number of carbonyl (C=O) groups excluding carboxylic acids is 2. The molecule has 0 bridgehead atoms. The third-order valence-corrected chi connectivity index (χ3v) is 3.55. The number of amides is 2. The molecule has 0 radical (unpaired) electrons. The molecule has 0 saturated carbocycles. The van der Waals surface area contributed by atoms with Crippen LogP contribution in [0.4, 0.5) is 0 Å². The fraction of sp³-hybridized carbons (Fsp3) is 0.556. The van der Waals surface area contributed by atoms with Crippen LogP contribution in [-0.2, 0) is 16.0 Å². The second-order valence-electron chi connectivity index (χ2n) is 5.91. The van der Waals surface area contributed by atoms with Gasteiger partial charge < -0.3 is 10.2 Å². The van der Waals surface area contributed by atoms with Crippen molar-refractivity contribution in [3.05, 3.63) is 35.9 Å². The van der Waals surface area contributed by atoms with Gasteiger partial charge in [-0.3, -0.25) is 9.59 Å². The Hall–Kier alpha value is -1.84. The van der Waals surface area contributed by atoms with E-state index in [-0.39, 0.29) is 17.9 Å². The summed E-state index contributed by atoms with van der Waals surface area (Å²) in [5, 5.41) is 2.89. The minimum absolute atomic E-state index is 0.0461. The largest absolute Gasteiger partial charge is 0.352 e. The molecule has 0 aliphatic carbocycles. The maximum atomic E-state index is 12.3. The van der Waals surface area contributed by atoms with Crippen molar-refractivity contribution in [2.24, 2.45) is 0 Å². The summed E-state index contributed by atoms with van der Waals surface area (Å²) >= 11 is 0. The Labute approximate surface area is 133 Å². The van der Waals surface area contributed by atoms with Crippen molar-refractivity contribution in [2.75, 3.05) is 6.54 Å². The van der Waals surface area contributed by atoms with E-state index in [0.29, 0.717) is 13.0 Å². The molecule has 0 aromatic heterocycles. The van der Waals surface area contributed by atoms with Gasteiger partial charge in [0.2, 0.25) is 11.8 Å². The molecule has 0 fully saturated rings. The van der Waals surface area contributed by atoms with E-state index in [1.165, 1.54) is 5.56 Å². The lowest BCUT2D eigenvalue weighted by molar-refractivity contribution is -0.140. The van der Waals surface area contributed by atoms with Crippen molar-refractivity contribution < 1.29 is 9.59 Å². The predicted molar refractivity (Wildman–Crippen MR) is 89.5 cm³/mol. The summed E-state index contributed by atoms with van der Waals surface area (Å²) in [5.41, 5.74) is 1.17. The summed E-state index contributed by atoms with van der Waals surface area (Å²) in [4.78, 5) is 26.3. The summed E-state index contributed by atoms with van der Waals surface area (Å²) in [7, 11) is 0. The molecule has 4 heteroatoms. The average molecular weight is 304 g/mol. The standard InChI is InChI=1S/C18H28N2O2/c1-5-9-17(21)20(15(4)18(22)19-14(2)3)13-12-16-10-7-6-8-11-16/h6-8,10-11,14-15H,5,9,12-13H2,1-4H3,(H,19,22). The number of benzene rings is 1. The molecule has 4 nitrogen and oxygen atoms in total. The van der Waals surface area contributed by atoms with E-state index in [4.69, 9.17) is 0 Å². The van der Waals surface area contributed by atoms with E-state index in [1.807, 2.05) is 51.1 Å². The first-order chi connectivity index (χ1) is 10.5. The van der Waals surface area contributed by atoms with Crippen LogP contribution in [0.25, 0.3) is 0 Å². The summed E-state index contributed by atoms with van der Waals surface area (Å²) in [5.74, 6) is -0.0441. The number of hydrogen-bond acceptors (Lipinski definition) is 2. The van der Waals surface area contributed by atoms with Gasteiger partial charge in [0.25, 0.3) is 0 Å². The van der Waals surface area contributed by atoms with Gasteiger partial charge in [0.1, 0.15) is 6.04 Å². The van der Waals surface area contributed by atoms with Crippen LogP contribution in [0.3, 0.4) is 0 Å². The second-order valence-corrected chi connectivity index (χ2v) is 5.91. The van der Waals surface area contributed by atoms with Crippen molar-refractivity contribution in [3.8, 4) is 0 Å². The summed E-state index contributed by atoms with van der Waals surface area (Å²) < 4.78 is 0. The first-order valence-electron chi connectivity index (χ1n) is 8.09. The second kappa shape index (κ2) is 9.23. The van der Waals surface area contributed by atoms with Gasteiger partial charge in [-0.15, -0.1) is 0 Å². The van der Waals surface area contributed by atoms with E-state index in [1.54, 1.807) is 11.8 Å². The molecule has 1 unspecified atom stereocenters. The molecule has 22 heavy (non-hydrogen) atoms. The number of nitrogens with one attached hydrogen (secondary N) is 1. The maximum Gasteiger partial charge on any atom is 0.242 e. The van der Waals surface area contributed by atoms with Gasteiger partial charge in [-0.25, -0.2) is 0 Å². The number of hydrogen-bond donors (Lipinski definition) is 1. The number of nitrogens with zero attached hydrogens (tertiary/aromatic N) is 1. The zero-order valence-corrected chi connectivity index (χ0v) is 14.1. The first kappa shape index (κ1) is 18.2. The molecule has 1 N–H and O–H groups in total. The molecule has 1 aromatic carbocycles. The molecule has 0 aliphatic heterocycles. The van der Waals surface area contributed by atoms with Crippen LogP contribution in [-0.4, -0.2) is 35.3 Å². The normalized spacial score (nSPS) is 12.0. The van der Waals surface area contributed by atoms with Crippen molar-refractivity contribution in [1.29, 1.82) is 0 Å². The molecule has 2 amide bonds. The Bertz CT molecular complexity index is 471. The van der Waals surface area contributed by atoms with E-state index < -0.39 is 6.04 Å². The molecule has 1 aromatic rings. The van der Waals surface area contributed by atoms with Crippen LogP contribution < -0.4 is 5.32 Å². The zero-order valence-electron chi connectivity index (χ0n) is 14.1. The molecule has 0 aliphatic rings. The molecular weight excluding hydrogens is 276 g/mol. The van der Waals surface area contributed by atoms with Crippen LogP contribution in [0.15, 0.2) is 30.3 Å². The fourth-order valence-electron chi connectivity index (χ4n) is 2.33. The fourth-order valence-corrected chi connectivity index (χ4v) is 2.33. The van der Waals surface area contributed by atoms with Gasteiger partial charge in [0, 0.05) is 19.0 Å². The third kappa shape index (κ3) is 5.88. The van der Waals surface area contributed by atoms with E-state index in [2.05, 4.69) is 5.32 Å². The Morgan fingerprint density at radius 2 is 1.77 bits per heavy atom. The zero-order chi connectivity index (χ0) is 16.5. The predicted octanol–water partition coefficient (Wildman–Crippen LogP) is 2.77. The Morgan fingerprint density at radius 1 is 1.14 bits per heavy atom. The van der Waals surface area contributed by atoms with Gasteiger partial charge in [-0.2, -0.15) is 0 Å². The van der Waals surface area contributed by atoms with Crippen LogP contribution >= 0.6 is 0 Å². The average Bonchev–Trinajstić information content (AvgIpc) is 2.48. The van der Waals surface area contributed by atoms with Crippen molar-refractivity contribution in [1.82, 2.24) is 10.2 Å². The van der Waals surface area contributed by atoms with Crippen LogP contribution in [0, 0.1) is 0 Å². The highest BCUT2D eigenvalue weighted by Crippen LogP contribution is 2.08. The van der Waals surface area contributed by atoms with Gasteiger partial charge in [-0.1, -0.05) is 37.3 Å². The number of carbonyl (C=O) groups is 2. The smallest absolute Gasteiger partial charge is 0.242 e. The minimum atomic E-state index is -0.440. The lowest BCUT2D eigenvalue weighted by Gasteiger charge is -2.29. The SMILES string of the molecule is CCCC(=O)N(CCc1ccccc1)C(C)C(=O)NC(C)C. The van der Waals surface area contributed by atoms with Crippen molar-refractivity contribution in [2.45, 2.75) is 59.0 Å². The quantitative estimate of drug-likeness (QED) is 0.803. The van der Waals surface area contributed by atoms with Crippen LogP contribution in [0.5, 0.6) is 0 Å². The number of rotatable bonds is 8. The highest BCUT2D eigenvalue weighted by molar-refractivity contribution is 5.87. The molecular formula is C18H28N2O2. The molecule has 0 saturated heterocycles. The van der Waals surface area contributed by atoms with Crippen LogP contribution in [0.1, 0.15) is 46.1 Å². The third-order valence-electron chi connectivity index (χ3n) is 3.55. The monoisotopic (exact) mass is 304 g/mol. The molecule has 0 spiro atoms. The van der Waals surface area contributed by atoms with Gasteiger partial charge in [0.15, 0.2) is 0 Å². The lowest BCUT2D eigenvalue weighted by Crippen LogP contribution is -2.50. The maximum absolute atomic E-state index is 12.3.